The van der Waals surface area contributed by atoms with E-state index in [1.807, 2.05) is 91.0 Å². The minimum absolute atomic E-state index is 0.146. The van der Waals surface area contributed by atoms with Gasteiger partial charge in [0.2, 0.25) is 0 Å². The average molecular weight is 375 g/mol. The van der Waals surface area contributed by atoms with Gasteiger partial charge in [0.05, 0.1) is 5.56 Å². The number of phenolic OH excluding ortho intramolecular Hbond substituents is 1. The van der Waals surface area contributed by atoms with Gasteiger partial charge >= 0.3 is 0 Å². The molecule has 0 aliphatic rings. The SMILES string of the molecule is Oc1ccc2ccccc2c1-c1nc(-c2ccccc2)nc(-c2ccccc2)n1. The quantitative estimate of drug-likeness (QED) is 0.437. The second-order valence-corrected chi connectivity index (χ2v) is 6.72. The molecule has 0 radical (unpaired) electrons. The fraction of sp³-hybridized carbons (Fsp3) is 0. The Hall–Kier alpha value is -4.05. The number of rotatable bonds is 3. The molecule has 1 aromatic heterocycles. The van der Waals surface area contributed by atoms with Crippen LogP contribution in [-0.4, -0.2) is 20.1 Å². The van der Waals surface area contributed by atoms with E-state index >= 15 is 0 Å². The van der Waals surface area contributed by atoms with E-state index in [1.165, 1.54) is 0 Å². The number of phenols is 1. The van der Waals surface area contributed by atoms with Crippen LogP contribution in [0.1, 0.15) is 0 Å². The van der Waals surface area contributed by atoms with Crippen LogP contribution in [0.15, 0.2) is 97.1 Å². The molecule has 5 rings (SSSR count). The zero-order valence-electron chi connectivity index (χ0n) is 15.5. The molecule has 29 heavy (non-hydrogen) atoms. The van der Waals surface area contributed by atoms with E-state index in [4.69, 9.17) is 15.0 Å². The van der Waals surface area contributed by atoms with E-state index in [2.05, 4.69) is 0 Å². The van der Waals surface area contributed by atoms with Crippen molar-refractivity contribution < 1.29 is 5.11 Å². The maximum Gasteiger partial charge on any atom is 0.168 e. The monoisotopic (exact) mass is 375 g/mol. The largest absolute Gasteiger partial charge is 0.507 e. The molecule has 0 bridgehead atoms. The van der Waals surface area contributed by atoms with Gasteiger partial charge in [-0.15, -0.1) is 0 Å². The molecule has 0 unspecified atom stereocenters. The van der Waals surface area contributed by atoms with Crippen LogP contribution in [-0.2, 0) is 0 Å². The Bertz CT molecular complexity index is 1240. The molecule has 4 aromatic carbocycles. The van der Waals surface area contributed by atoms with Gasteiger partial charge < -0.3 is 5.11 Å². The highest BCUT2D eigenvalue weighted by Crippen LogP contribution is 2.35. The fourth-order valence-electron chi connectivity index (χ4n) is 3.42. The fourth-order valence-corrected chi connectivity index (χ4v) is 3.42. The zero-order chi connectivity index (χ0) is 19.6. The van der Waals surface area contributed by atoms with Crippen molar-refractivity contribution in [1.82, 2.24) is 15.0 Å². The van der Waals surface area contributed by atoms with Crippen molar-refractivity contribution in [2.24, 2.45) is 0 Å². The van der Waals surface area contributed by atoms with Gasteiger partial charge in [0.1, 0.15) is 5.75 Å². The van der Waals surface area contributed by atoms with Crippen molar-refractivity contribution >= 4 is 10.8 Å². The van der Waals surface area contributed by atoms with Crippen molar-refractivity contribution in [1.29, 1.82) is 0 Å². The number of hydrogen-bond donors (Lipinski definition) is 1. The van der Waals surface area contributed by atoms with Crippen LogP contribution in [0.2, 0.25) is 0 Å². The third-order valence-electron chi connectivity index (χ3n) is 4.83. The molecule has 0 fully saturated rings. The van der Waals surface area contributed by atoms with Gasteiger partial charge in [0.15, 0.2) is 17.5 Å². The van der Waals surface area contributed by atoms with Crippen LogP contribution < -0.4 is 0 Å². The molecule has 5 aromatic rings. The minimum atomic E-state index is 0.146. The Morgan fingerprint density at radius 1 is 0.483 bits per heavy atom. The average Bonchev–Trinajstić information content (AvgIpc) is 2.80. The summed E-state index contributed by atoms with van der Waals surface area (Å²) in [6, 6.07) is 31.1. The summed E-state index contributed by atoms with van der Waals surface area (Å²) in [6.45, 7) is 0. The molecule has 4 heteroatoms. The van der Waals surface area contributed by atoms with Gasteiger partial charge in [0, 0.05) is 11.1 Å². The standard InChI is InChI=1S/C25H17N3O/c29-21-16-15-17-9-7-8-14-20(17)22(21)25-27-23(18-10-3-1-4-11-18)26-24(28-25)19-12-5-2-6-13-19/h1-16,29H. The highest BCUT2D eigenvalue weighted by molar-refractivity contribution is 5.98. The Labute approximate surface area is 168 Å². The second kappa shape index (κ2) is 7.17. The van der Waals surface area contributed by atoms with Crippen LogP contribution in [0.5, 0.6) is 5.75 Å². The van der Waals surface area contributed by atoms with Crippen molar-refractivity contribution in [3.8, 4) is 39.9 Å². The summed E-state index contributed by atoms with van der Waals surface area (Å²) in [5, 5.41) is 12.6. The van der Waals surface area contributed by atoms with E-state index < -0.39 is 0 Å². The van der Waals surface area contributed by atoms with Gasteiger partial charge in [-0.2, -0.15) is 0 Å². The lowest BCUT2D eigenvalue weighted by Gasteiger charge is -2.11. The third kappa shape index (κ3) is 3.21. The molecule has 138 valence electrons. The second-order valence-electron chi connectivity index (χ2n) is 6.72. The van der Waals surface area contributed by atoms with Crippen LogP contribution in [0.4, 0.5) is 0 Å². The maximum absolute atomic E-state index is 10.7. The number of benzene rings is 4. The normalized spacial score (nSPS) is 10.9. The molecule has 0 amide bonds. The van der Waals surface area contributed by atoms with Gasteiger partial charge in [-0.1, -0.05) is 91.0 Å². The molecule has 0 aliphatic heterocycles. The van der Waals surface area contributed by atoms with Crippen LogP contribution in [0, 0.1) is 0 Å². The smallest absolute Gasteiger partial charge is 0.168 e. The zero-order valence-corrected chi connectivity index (χ0v) is 15.5. The maximum atomic E-state index is 10.7. The third-order valence-corrected chi connectivity index (χ3v) is 4.83. The number of fused-ring (bicyclic) bond motifs is 1. The summed E-state index contributed by atoms with van der Waals surface area (Å²) in [5.41, 5.74) is 2.40. The number of nitrogens with zero attached hydrogens (tertiary/aromatic N) is 3. The number of aromatic hydroxyl groups is 1. The summed E-state index contributed by atoms with van der Waals surface area (Å²) in [4.78, 5) is 14.2. The van der Waals surface area contributed by atoms with Gasteiger partial charge in [0.25, 0.3) is 0 Å². The molecule has 0 aliphatic carbocycles. The summed E-state index contributed by atoms with van der Waals surface area (Å²) in [6.07, 6.45) is 0. The molecule has 0 spiro atoms. The lowest BCUT2D eigenvalue weighted by molar-refractivity contribution is 0.477. The Kier molecular flexibility index (Phi) is 4.22. The molecule has 4 nitrogen and oxygen atoms in total. The first-order chi connectivity index (χ1) is 14.3. The molecular weight excluding hydrogens is 358 g/mol. The highest BCUT2D eigenvalue weighted by atomic mass is 16.3. The van der Waals surface area contributed by atoms with E-state index in [1.54, 1.807) is 6.07 Å². The van der Waals surface area contributed by atoms with Gasteiger partial charge in [-0.3, -0.25) is 0 Å². The molecular formula is C25H17N3O. The summed E-state index contributed by atoms with van der Waals surface area (Å²) in [7, 11) is 0. The predicted molar refractivity (Wildman–Crippen MR) is 115 cm³/mol. The van der Waals surface area contributed by atoms with Crippen molar-refractivity contribution in [3.63, 3.8) is 0 Å². The summed E-state index contributed by atoms with van der Waals surface area (Å²) in [5.74, 6) is 1.74. The van der Waals surface area contributed by atoms with Gasteiger partial charge in [-0.05, 0) is 16.8 Å². The lowest BCUT2D eigenvalue weighted by Crippen LogP contribution is -2.00. The number of aromatic nitrogens is 3. The predicted octanol–water partition coefficient (Wildman–Crippen LogP) is 5.73. The minimum Gasteiger partial charge on any atom is -0.507 e. The molecule has 1 N–H and O–H groups in total. The first-order valence-corrected chi connectivity index (χ1v) is 9.37. The van der Waals surface area contributed by atoms with Gasteiger partial charge in [-0.25, -0.2) is 15.0 Å². The van der Waals surface area contributed by atoms with E-state index in [0.717, 1.165) is 21.9 Å². The topological polar surface area (TPSA) is 58.9 Å². The van der Waals surface area contributed by atoms with Crippen LogP contribution >= 0.6 is 0 Å². The van der Waals surface area contributed by atoms with E-state index in [0.29, 0.717) is 23.0 Å². The van der Waals surface area contributed by atoms with Crippen LogP contribution in [0.3, 0.4) is 0 Å². The Balaban J connectivity index is 1.81. The molecule has 0 saturated carbocycles. The summed E-state index contributed by atoms with van der Waals surface area (Å²) < 4.78 is 0. The Morgan fingerprint density at radius 3 is 1.62 bits per heavy atom. The highest BCUT2D eigenvalue weighted by Gasteiger charge is 2.16. The molecule has 0 atom stereocenters. The molecule has 0 saturated heterocycles. The number of hydrogen-bond acceptors (Lipinski definition) is 4. The first kappa shape index (κ1) is 17.1. The Morgan fingerprint density at radius 2 is 1.00 bits per heavy atom. The molecule has 1 heterocycles. The first-order valence-electron chi connectivity index (χ1n) is 9.37. The van der Waals surface area contributed by atoms with Crippen molar-refractivity contribution in [3.05, 3.63) is 97.1 Å². The van der Waals surface area contributed by atoms with Crippen molar-refractivity contribution in [2.45, 2.75) is 0 Å². The summed E-state index contributed by atoms with van der Waals surface area (Å²) >= 11 is 0. The van der Waals surface area contributed by atoms with Crippen LogP contribution in [0.25, 0.3) is 44.9 Å². The van der Waals surface area contributed by atoms with E-state index in [-0.39, 0.29) is 5.75 Å². The van der Waals surface area contributed by atoms with E-state index in [9.17, 15) is 5.11 Å². The van der Waals surface area contributed by atoms with Crippen molar-refractivity contribution in [2.75, 3.05) is 0 Å². The lowest BCUT2D eigenvalue weighted by atomic mass is 10.0.